The Morgan fingerprint density at radius 1 is 0.846 bits per heavy atom. The Bertz CT molecular complexity index is 1170. The SMILES string of the molecule is c1ccc(-c2cc3cn[nH]c3nc2-c2ccnn2-c2ccccc2)cc1. The van der Waals surface area contributed by atoms with E-state index in [1.54, 1.807) is 12.4 Å². The van der Waals surface area contributed by atoms with E-state index in [-0.39, 0.29) is 0 Å². The molecule has 26 heavy (non-hydrogen) atoms. The summed E-state index contributed by atoms with van der Waals surface area (Å²) in [5, 5.41) is 12.6. The zero-order valence-corrected chi connectivity index (χ0v) is 13.9. The molecule has 0 aliphatic rings. The summed E-state index contributed by atoms with van der Waals surface area (Å²) in [6, 6.07) is 24.5. The quantitative estimate of drug-likeness (QED) is 0.528. The van der Waals surface area contributed by atoms with Gasteiger partial charge in [0.2, 0.25) is 0 Å². The average molecular weight is 337 g/mol. The Morgan fingerprint density at radius 2 is 1.62 bits per heavy atom. The second kappa shape index (κ2) is 5.97. The van der Waals surface area contributed by atoms with Gasteiger partial charge in [-0.25, -0.2) is 9.67 Å². The van der Waals surface area contributed by atoms with Crippen LogP contribution in [0.3, 0.4) is 0 Å². The number of pyridine rings is 1. The minimum absolute atomic E-state index is 0.764. The normalized spacial score (nSPS) is 11.1. The molecular weight excluding hydrogens is 322 g/mol. The van der Waals surface area contributed by atoms with Crippen molar-refractivity contribution in [3.8, 4) is 28.2 Å². The van der Waals surface area contributed by atoms with Gasteiger partial charge in [0.05, 0.1) is 29.5 Å². The van der Waals surface area contributed by atoms with Gasteiger partial charge < -0.3 is 0 Å². The molecule has 5 nitrogen and oxygen atoms in total. The Labute approximate surface area is 150 Å². The van der Waals surface area contributed by atoms with Crippen LogP contribution in [0.1, 0.15) is 0 Å². The molecular formula is C21H15N5. The predicted octanol–water partition coefficient (Wildman–Crippen LogP) is 4.48. The number of aromatic amines is 1. The van der Waals surface area contributed by atoms with Crippen molar-refractivity contribution in [2.45, 2.75) is 0 Å². The summed E-state index contributed by atoms with van der Waals surface area (Å²) in [6.45, 7) is 0. The summed E-state index contributed by atoms with van der Waals surface area (Å²) in [5.74, 6) is 0. The van der Waals surface area contributed by atoms with Crippen molar-refractivity contribution < 1.29 is 0 Å². The molecule has 0 amide bonds. The molecule has 0 saturated carbocycles. The molecule has 0 fully saturated rings. The lowest BCUT2D eigenvalue weighted by atomic mass is 10.0. The monoisotopic (exact) mass is 337 g/mol. The second-order valence-electron chi connectivity index (χ2n) is 6.02. The van der Waals surface area contributed by atoms with Crippen molar-refractivity contribution in [1.82, 2.24) is 25.0 Å². The molecule has 3 heterocycles. The van der Waals surface area contributed by atoms with Gasteiger partial charge in [-0.1, -0.05) is 48.5 Å². The van der Waals surface area contributed by atoms with E-state index in [4.69, 9.17) is 4.98 Å². The zero-order chi connectivity index (χ0) is 17.3. The van der Waals surface area contributed by atoms with Gasteiger partial charge in [0.1, 0.15) is 0 Å². The second-order valence-corrected chi connectivity index (χ2v) is 6.02. The number of hydrogen-bond donors (Lipinski definition) is 1. The number of nitrogens with one attached hydrogen (secondary N) is 1. The molecule has 3 aromatic heterocycles. The van der Waals surface area contributed by atoms with Gasteiger partial charge in [-0.05, 0) is 29.8 Å². The third kappa shape index (κ3) is 2.38. The highest BCUT2D eigenvalue weighted by atomic mass is 15.3. The predicted molar refractivity (Wildman–Crippen MR) is 102 cm³/mol. The lowest BCUT2D eigenvalue weighted by Gasteiger charge is -2.12. The van der Waals surface area contributed by atoms with Crippen LogP contribution >= 0.6 is 0 Å². The van der Waals surface area contributed by atoms with Crippen LogP contribution in [0.2, 0.25) is 0 Å². The van der Waals surface area contributed by atoms with Crippen molar-refractivity contribution >= 4 is 11.0 Å². The van der Waals surface area contributed by atoms with E-state index in [2.05, 4.69) is 33.5 Å². The van der Waals surface area contributed by atoms with Gasteiger partial charge in [0, 0.05) is 10.9 Å². The number of para-hydroxylation sites is 1. The standard InChI is InChI=1S/C21H15N5/c1-3-7-15(8-4-1)18-13-16-14-22-25-21(16)24-20(18)19-11-12-23-26(19)17-9-5-2-6-10-17/h1-14H,(H,22,24,25). The third-order valence-electron chi connectivity index (χ3n) is 4.40. The number of aromatic nitrogens is 5. The topological polar surface area (TPSA) is 59.4 Å². The van der Waals surface area contributed by atoms with Crippen LogP contribution in [0.15, 0.2) is 85.2 Å². The van der Waals surface area contributed by atoms with Crippen molar-refractivity contribution in [3.05, 3.63) is 85.2 Å². The van der Waals surface area contributed by atoms with Crippen molar-refractivity contribution in [3.63, 3.8) is 0 Å². The third-order valence-corrected chi connectivity index (χ3v) is 4.40. The Morgan fingerprint density at radius 3 is 2.42 bits per heavy atom. The number of benzene rings is 2. The number of H-pyrrole nitrogens is 1. The van der Waals surface area contributed by atoms with Crippen LogP contribution in [0.4, 0.5) is 0 Å². The highest BCUT2D eigenvalue weighted by Crippen LogP contribution is 2.33. The van der Waals surface area contributed by atoms with Crippen LogP contribution < -0.4 is 0 Å². The molecule has 0 unspecified atom stereocenters. The summed E-state index contributed by atoms with van der Waals surface area (Å²) in [5.41, 5.74) is 5.73. The Hall–Kier alpha value is -3.73. The molecule has 2 aromatic carbocycles. The van der Waals surface area contributed by atoms with Crippen LogP contribution in [0.5, 0.6) is 0 Å². The largest absolute Gasteiger partial charge is 0.261 e. The van der Waals surface area contributed by atoms with Gasteiger partial charge in [-0.2, -0.15) is 10.2 Å². The van der Waals surface area contributed by atoms with Crippen LogP contribution in [-0.4, -0.2) is 25.0 Å². The first-order valence-corrected chi connectivity index (χ1v) is 8.39. The maximum absolute atomic E-state index is 4.86. The zero-order valence-electron chi connectivity index (χ0n) is 13.9. The lowest BCUT2D eigenvalue weighted by molar-refractivity contribution is 0.885. The van der Waals surface area contributed by atoms with E-state index in [1.807, 2.05) is 59.3 Å². The van der Waals surface area contributed by atoms with E-state index in [0.717, 1.165) is 39.2 Å². The van der Waals surface area contributed by atoms with Gasteiger partial charge in [0.15, 0.2) is 5.65 Å². The van der Waals surface area contributed by atoms with Crippen LogP contribution in [0, 0.1) is 0 Å². The summed E-state index contributed by atoms with van der Waals surface area (Å²) in [4.78, 5) is 4.86. The maximum Gasteiger partial charge on any atom is 0.155 e. The van der Waals surface area contributed by atoms with Gasteiger partial charge >= 0.3 is 0 Å². The molecule has 0 radical (unpaired) electrons. The highest BCUT2D eigenvalue weighted by molar-refractivity contribution is 5.89. The van der Waals surface area contributed by atoms with E-state index in [0.29, 0.717) is 0 Å². The fraction of sp³-hybridized carbons (Fsp3) is 0. The molecule has 5 rings (SSSR count). The van der Waals surface area contributed by atoms with Crippen molar-refractivity contribution in [2.24, 2.45) is 0 Å². The smallest absolute Gasteiger partial charge is 0.155 e. The molecule has 0 bridgehead atoms. The number of fused-ring (bicyclic) bond motifs is 1. The summed E-state index contributed by atoms with van der Waals surface area (Å²) in [6.07, 6.45) is 3.60. The van der Waals surface area contributed by atoms with E-state index >= 15 is 0 Å². The Balaban J connectivity index is 1.79. The number of rotatable bonds is 3. The first kappa shape index (κ1) is 14.6. The molecule has 0 saturated heterocycles. The summed E-state index contributed by atoms with van der Waals surface area (Å²) in [7, 11) is 0. The fourth-order valence-electron chi connectivity index (χ4n) is 3.17. The first-order valence-electron chi connectivity index (χ1n) is 8.39. The first-order chi connectivity index (χ1) is 12.9. The van der Waals surface area contributed by atoms with Crippen molar-refractivity contribution in [2.75, 3.05) is 0 Å². The van der Waals surface area contributed by atoms with E-state index < -0.39 is 0 Å². The van der Waals surface area contributed by atoms with Crippen LogP contribution in [-0.2, 0) is 0 Å². The molecule has 1 N–H and O–H groups in total. The molecule has 5 aromatic rings. The molecule has 0 atom stereocenters. The lowest BCUT2D eigenvalue weighted by Crippen LogP contribution is -2.01. The number of nitrogens with zero attached hydrogens (tertiary/aromatic N) is 4. The average Bonchev–Trinajstić information content (AvgIpc) is 3.37. The molecule has 0 aliphatic carbocycles. The Kier molecular flexibility index (Phi) is 3.35. The van der Waals surface area contributed by atoms with E-state index in [1.165, 1.54) is 0 Å². The minimum atomic E-state index is 0.764. The maximum atomic E-state index is 4.86. The number of hydrogen-bond acceptors (Lipinski definition) is 3. The minimum Gasteiger partial charge on any atom is -0.261 e. The van der Waals surface area contributed by atoms with Crippen molar-refractivity contribution in [1.29, 1.82) is 0 Å². The molecule has 5 heteroatoms. The highest BCUT2D eigenvalue weighted by Gasteiger charge is 2.16. The molecule has 0 spiro atoms. The van der Waals surface area contributed by atoms with E-state index in [9.17, 15) is 0 Å². The molecule has 0 aliphatic heterocycles. The van der Waals surface area contributed by atoms with Gasteiger partial charge in [-0.15, -0.1) is 0 Å². The molecule has 124 valence electrons. The van der Waals surface area contributed by atoms with Gasteiger partial charge in [-0.3, -0.25) is 5.10 Å². The van der Waals surface area contributed by atoms with Crippen LogP contribution in [0.25, 0.3) is 39.2 Å². The summed E-state index contributed by atoms with van der Waals surface area (Å²) < 4.78 is 1.91. The fourth-order valence-corrected chi connectivity index (χ4v) is 3.17. The summed E-state index contributed by atoms with van der Waals surface area (Å²) >= 11 is 0. The van der Waals surface area contributed by atoms with Gasteiger partial charge in [0.25, 0.3) is 0 Å².